The third kappa shape index (κ3) is 5.42. The van der Waals surface area contributed by atoms with Crippen LogP contribution in [0.3, 0.4) is 0 Å². The number of amides is 3. The Morgan fingerprint density at radius 3 is 2.58 bits per heavy atom. The number of piperidine rings is 1. The Labute approximate surface area is 154 Å². The Balaban J connectivity index is 2.07. The number of carbonyl (C=O) groups is 2. The number of halogens is 1. The molecule has 1 aromatic rings. The number of methoxy groups -OCH3 is 1. The highest BCUT2D eigenvalue weighted by Gasteiger charge is 2.31. The fraction of sp³-hybridized carbons (Fsp3) is 0.579. The summed E-state index contributed by atoms with van der Waals surface area (Å²) in [5.41, 5.74) is 0.868. The van der Waals surface area contributed by atoms with Gasteiger partial charge in [0.25, 0.3) is 0 Å². The standard InChI is InChI=1S/C19H28FN3O3/c1-21(2)19(25)23-10-4-5-16(14-23)18(24)22(11-12-26-3)13-15-6-8-17(20)9-7-15/h6-9,16H,4-5,10-14H2,1-3H3/t16-/m1/s1. The number of rotatable bonds is 6. The summed E-state index contributed by atoms with van der Waals surface area (Å²) in [5.74, 6) is -0.499. The minimum atomic E-state index is -0.298. The molecule has 0 saturated carbocycles. The molecular formula is C19H28FN3O3. The second kappa shape index (κ2) is 9.52. The van der Waals surface area contributed by atoms with Crippen LogP contribution in [-0.2, 0) is 16.1 Å². The van der Waals surface area contributed by atoms with Crippen molar-refractivity contribution >= 4 is 11.9 Å². The average Bonchev–Trinajstić information content (AvgIpc) is 2.65. The van der Waals surface area contributed by atoms with E-state index in [9.17, 15) is 14.0 Å². The van der Waals surface area contributed by atoms with Crippen LogP contribution in [0.5, 0.6) is 0 Å². The lowest BCUT2D eigenvalue weighted by Gasteiger charge is -2.36. The maximum Gasteiger partial charge on any atom is 0.319 e. The molecule has 0 N–H and O–H groups in total. The summed E-state index contributed by atoms with van der Waals surface area (Å²) in [6.45, 7) is 2.41. The predicted octanol–water partition coefficient (Wildman–Crippen LogP) is 2.19. The SMILES string of the molecule is COCCN(Cc1ccc(F)cc1)C(=O)[C@@H]1CCCN(C(=O)N(C)C)C1. The van der Waals surface area contributed by atoms with Gasteiger partial charge in [-0.2, -0.15) is 0 Å². The zero-order valence-electron chi connectivity index (χ0n) is 15.8. The van der Waals surface area contributed by atoms with Gasteiger partial charge in [-0.3, -0.25) is 4.79 Å². The van der Waals surface area contributed by atoms with Gasteiger partial charge in [0, 0.05) is 47.4 Å². The van der Waals surface area contributed by atoms with Gasteiger partial charge < -0.3 is 19.4 Å². The molecule has 1 aliphatic heterocycles. The fourth-order valence-corrected chi connectivity index (χ4v) is 3.17. The number of benzene rings is 1. The van der Waals surface area contributed by atoms with E-state index in [0.29, 0.717) is 32.8 Å². The van der Waals surface area contributed by atoms with Crippen molar-refractivity contribution in [2.75, 3.05) is 47.4 Å². The molecular weight excluding hydrogens is 337 g/mol. The van der Waals surface area contributed by atoms with Crippen molar-refractivity contribution in [3.63, 3.8) is 0 Å². The van der Waals surface area contributed by atoms with E-state index in [4.69, 9.17) is 4.74 Å². The smallest absolute Gasteiger partial charge is 0.319 e. The minimum Gasteiger partial charge on any atom is -0.383 e. The van der Waals surface area contributed by atoms with Gasteiger partial charge in [0.1, 0.15) is 5.82 Å². The number of hydrogen-bond acceptors (Lipinski definition) is 3. The molecule has 2 rings (SSSR count). The van der Waals surface area contributed by atoms with E-state index in [-0.39, 0.29) is 23.7 Å². The number of urea groups is 1. The molecule has 26 heavy (non-hydrogen) atoms. The number of hydrogen-bond donors (Lipinski definition) is 0. The first-order valence-electron chi connectivity index (χ1n) is 8.90. The molecule has 0 aliphatic carbocycles. The van der Waals surface area contributed by atoms with Crippen LogP contribution < -0.4 is 0 Å². The molecule has 7 heteroatoms. The predicted molar refractivity (Wildman–Crippen MR) is 97.1 cm³/mol. The molecule has 1 heterocycles. The highest BCUT2D eigenvalue weighted by atomic mass is 19.1. The lowest BCUT2D eigenvalue weighted by atomic mass is 9.96. The second-order valence-corrected chi connectivity index (χ2v) is 6.84. The summed E-state index contributed by atoms with van der Waals surface area (Å²) in [6, 6.07) is 6.10. The van der Waals surface area contributed by atoms with Gasteiger partial charge in [-0.1, -0.05) is 12.1 Å². The van der Waals surface area contributed by atoms with Crippen LogP contribution >= 0.6 is 0 Å². The molecule has 1 aliphatic rings. The molecule has 1 atom stereocenters. The van der Waals surface area contributed by atoms with Crippen LogP contribution in [-0.4, -0.2) is 74.1 Å². The maximum absolute atomic E-state index is 13.1. The van der Waals surface area contributed by atoms with Crippen molar-refractivity contribution in [3.05, 3.63) is 35.6 Å². The van der Waals surface area contributed by atoms with E-state index >= 15 is 0 Å². The topological polar surface area (TPSA) is 53.1 Å². The lowest BCUT2D eigenvalue weighted by Crippen LogP contribution is -2.49. The van der Waals surface area contributed by atoms with Gasteiger partial charge in [-0.25, -0.2) is 9.18 Å². The van der Waals surface area contributed by atoms with Gasteiger partial charge in [-0.05, 0) is 30.5 Å². The Hall–Kier alpha value is -2.15. The van der Waals surface area contributed by atoms with Gasteiger partial charge in [-0.15, -0.1) is 0 Å². The second-order valence-electron chi connectivity index (χ2n) is 6.84. The van der Waals surface area contributed by atoms with E-state index in [1.807, 2.05) is 0 Å². The Kier molecular flexibility index (Phi) is 7.38. The van der Waals surface area contributed by atoms with Crippen molar-refractivity contribution in [3.8, 4) is 0 Å². The van der Waals surface area contributed by atoms with Crippen molar-refractivity contribution < 1.29 is 18.7 Å². The van der Waals surface area contributed by atoms with E-state index in [1.165, 1.54) is 17.0 Å². The summed E-state index contributed by atoms with van der Waals surface area (Å²) in [4.78, 5) is 30.3. The van der Waals surface area contributed by atoms with Crippen LogP contribution in [0.1, 0.15) is 18.4 Å². The summed E-state index contributed by atoms with van der Waals surface area (Å²) in [7, 11) is 5.03. The minimum absolute atomic E-state index is 0.0163. The molecule has 144 valence electrons. The van der Waals surface area contributed by atoms with E-state index in [1.54, 1.807) is 43.1 Å². The molecule has 0 radical (unpaired) electrons. The van der Waals surface area contributed by atoms with Crippen LogP contribution in [0.2, 0.25) is 0 Å². The highest BCUT2D eigenvalue weighted by Crippen LogP contribution is 2.21. The van der Waals surface area contributed by atoms with Crippen molar-refractivity contribution in [2.24, 2.45) is 5.92 Å². The number of carbonyl (C=O) groups excluding carboxylic acids is 2. The molecule has 1 aromatic carbocycles. The monoisotopic (exact) mass is 365 g/mol. The van der Waals surface area contributed by atoms with Crippen molar-refractivity contribution in [1.82, 2.24) is 14.7 Å². The molecule has 1 saturated heterocycles. The molecule has 1 fully saturated rings. The number of ether oxygens (including phenoxy) is 1. The molecule has 0 spiro atoms. The first-order valence-corrected chi connectivity index (χ1v) is 8.90. The van der Waals surface area contributed by atoms with Crippen LogP contribution in [0, 0.1) is 11.7 Å². The summed E-state index contributed by atoms with van der Waals surface area (Å²) in [6.07, 6.45) is 1.58. The quantitative estimate of drug-likeness (QED) is 0.777. The largest absolute Gasteiger partial charge is 0.383 e. The van der Waals surface area contributed by atoms with Crippen LogP contribution in [0.25, 0.3) is 0 Å². The third-order valence-corrected chi connectivity index (χ3v) is 4.59. The molecule has 0 aromatic heterocycles. The van der Waals surface area contributed by atoms with Gasteiger partial charge in [0.15, 0.2) is 0 Å². The van der Waals surface area contributed by atoms with Crippen molar-refractivity contribution in [1.29, 1.82) is 0 Å². The van der Waals surface area contributed by atoms with Gasteiger partial charge >= 0.3 is 6.03 Å². The maximum atomic E-state index is 13.1. The lowest BCUT2D eigenvalue weighted by molar-refractivity contribution is -0.138. The van der Waals surface area contributed by atoms with Gasteiger partial charge in [0.2, 0.25) is 5.91 Å². The normalized spacial score (nSPS) is 17.1. The Morgan fingerprint density at radius 1 is 1.27 bits per heavy atom. The summed E-state index contributed by atoms with van der Waals surface area (Å²) in [5, 5.41) is 0. The zero-order chi connectivity index (χ0) is 19.1. The molecule has 0 unspecified atom stereocenters. The summed E-state index contributed by atoms with van der Waals surface area (Å²) >= 11 is 0. The fourth-order valence-electron chi connectivity index (χ4n) is 3.17. The van der Waals surface area contributed by atoms with Crippen molar-refractivity contribution in [2.45, 2.75) is 19.4 Å². The van der Waals surface area contributed by atoms with E-state index in [2.05, 4.69) is 0 Å². The molecule has 3 amide bonds. The first kappa shape index (κ1) is 20.2. The van der Waals surface area contributed by atoms with E-state index in [0.717, 1.165) is 18.4 Å². The molecule has 0 bridgehead atoms. The van der Waals surface area contributed by atoms with Crippen LogP contribution in [0.4, 0.5) is 9.18 Å². The number of likely N-dealkylation sites (tertiary alicyclic amines) is 1. The third-order valence-electron chi connectivity index (χ3n) is 4.59. The zero-order valence-corrected chi connectivity index (χ0v) is 15.8. The van der Waals surface area contributed by atoms with Gasteiger partial charge in [0.05, 0.1) is 12.5 Å². The Bertz CT molecular complexity index is 607. The van der Waals surface area contributed by atoms with E-state index < -0.39 is 0 Å². The Morgan fingerprint density at radius 2 is 1.96 bits per heavy atom. The number of nitrogens with zero attached hydrogens (tertiary/aromatic N) is 3. The highest BCUT2D eigenvalue weighted by molar-refractivity contribution is 5.81. The summed E-state index contributed by atoms with van der Waals surface area (Å²) < 4.78 is 18.3. The average molecular weight is 365 g/mol. The first-order chi connectivity index (χ1) is 12.4. The molecule has 6 nitrogen and oxygen atoms in total. The van der Waals surface area contributed by atoms with Crippen LogP contribution in [0.15, 0.2) is 24.3 Å².